The number of ether oxygens (including phenoxy) is 1. The SMILES string of the molecule is CCc1nc(N)c(C)c(Oc2ccc(Cl)cc2)n1. The maximum absolute atomic E-state index is 5.82. The summed E-state index contributed by atoms with van der Waals surface area (Å²) in [7, 11) is 0. The number of nitrogen functional groups attached to an aromatic ring is 1. The lowest BCUT2D eigenvalue weighted by Crippen LogP contribution is -2.04. The molecule has 1 heterocycles. The van der Waals surface area contributed by atoms with E-state index in [1.807, 2.05) is 13.8 Å². The van der Waals surface area contributed by atoms with E-state index in [-0.39, 0.29) is 0 Å². The zero-order chi connectivity index (χ0) is 13.1. The predicted octanol–water partition coefficient (Wildman–Crippen LogP) is 3.38. The van der Waals surface area contributed by atoms with Crippen LogP contribution in [0.15, 0.2) is 24.3 Å². The summed E-state index contributed by atoms with van der Waals surface area (Å²) >= 11 is 5.82. The monoisotopic (exact) mass is 263 g/mol. The van der Waals surface area contributed by atoms with Gasteiger partial charge in [0.15, 0.2) is 0 Å². The first kappa shape index (κ1) is 12.6. The van der Waals surface area contributed by atoms with Gasteiger partial charge in [0.2, 0.25) is 5.88 Å². The largest absolute Gasteiger partial charge is 0.439 e. The number of nitrogens with two attached hydrogens (primary N) is 1. The first-order valence-electron chi connectivity index (χ1n) is 5.66. The van der Waals surface area contributed by atoms with Gasteiger partial charge in [-0.2, -0.15) is 4.98 Å². The first-order chi connectivity index (χ1) is 8.60. The average Bonchev–Trinajstić information content (AvgIpc) is 2.37. The Morgan fingerprint density at radius 3 is 2.50 bits per heavy atom. The van der Waals surface area contributed by atoms with Gasteiger partial charge in [0, 0.05) is 11.4 Å². The Morgan fingerprint density at radius 2 is 1.89 bits per heavy atom. The van der Waals surface area contributed by atoms with Gasteiger partial charge in [-0.3, -0.25) is 0 Å². The van der Waals surface area contributed by atoms with Crippen LogP contribution >= 0.6 is 11.6 Å². The molecule has 0 fully saturated rings. The highest BCUT2D eigenvalue weighted by atomic mass is 35.5. The van der Waals surface area contributed by atoms with E-state index >= 15 is 0 Å². The third kappa shape index (κ3) is 2.71. The third-order valence-electron chi connectivity index (χ3n) is 2.53. The van der Waals surface area contributed by atoms with E-state index in [0.29, 0.717) is 34.7 Å². The Kier molecular flexibility index (Phi) is 3.67. The molecule has 0 saturated carbocycles. The van der Waals surface area contributed by atoms with Crippen LogP contribution in [-0.4, -0.2) is 9.97 Å². The molecule has 18 heavy (non-hydrogen) atoms. The Hall–Kier alpha value is -1.81. The molecule has 0 spiro atoms. The van der Waals surface area contributed by atoms with Gasteiger partial charge in [-0.15, -0.1) is 0 Å². The van der Waals surface area contributed by atoms with Crippen molar-refractivity contribution >= 4 is 17.4 Å². The molecule has 0 bridgehead atoms. The van der Waals surface area contributed by atoms with Gasteiger partial charge < -0.3 is 10.5 Å². The van der Waals surface area contributed by atoms with Crippen LogP contribution in [0.2, 0.25) is 5.02 Å². The highest BCUT2D eigenvalue weighted by Crippen LogP contribution is 2.26. The molecule has 0 aliphatic heterocycles. The van der Waals surface area contributed by atoms with E-state index in [4.69, 9.17) is 22.1 Å². The Morgan fingerprint density at radius 1 is 1.22 bits per heavy atom. The molecule has 2 aromatic rings. The maximum Gasteiger partial charge on any atom is 0.227 e. The standard InChI is InChI=1S/C13H14ClN3O/c1-3-11-16-12(15)8(2)13(17-11)18-10-6-4-9(14)5-7-10/h4-7H,3H2,1-2H3,(H2,15,16,17). The smallest absolute Gasteiger partial charge is 0.227 e. The van der Waals surface area contributed by atoms with E-state index in [1.165, 1.54) is 0 Å². The number of anilines is 1. The highest BCUT2D eigenvalue weighted by Gasteiger charge is 2.10. The normalized spacial score (nSPS) is 10.4. The summed E-state index contributed by atoms with van der Waals surface area (Å²) in [5.41, 5.74) is 6.56. The van der Waals surface area contributed by atoms with Crippen LogP contribution in [0.4, 0.5) is 5.82 Å². The quantitative estimate of drug-likeness (QED) is 0.922. The molecule has 0 amide bonds. The Bertz CT molecular complexity index is 555. The van der Waals surface area contributed by atoms with Gasteiger partial charge >= 0.3 is 0 Å². The van der Waals surface area contributed by atoms with Gasteiger partial charge in [0.05, 0.1) is 5.56 Å². The summed E-state index contributed by atoms with van der Waals surface area (Å²) in [4.78, 5) is 8.50. The molecule has 5 heteroatoms. The van der Waals surface area contributed by atoms with Crippen molar-refractivity contribution in [1.29, 1.82) is 0 Å². The number of hydrogen-bond acceptors (Lipinski definition) is 4. The van der Waals surface area contributed by atoms with E-state index in [2.05, 4.69) is 9.97 Å². The van der Waals surface area contributed by atoms with Gasteiger partial charge in [0.25, 0.3) is 0 Å². The molecular weight excluding hydrogens is 250 g/mol. The van der Waals surface area contributed by atoms with Crippen molar-refractivity contribution < 1.29 is 4.74 Å². The minimum atomic E-state index is 0.450. The van der Waals surface area contributed by atoms with Crippen LogP contribution < -0.4 is 10.5 Å². The molecule has 1 aromatic heterocycles. The lowest BCUT2D eigenvalue weighted by Gasteiger charge is -2.10. The molecule has 94 valence electrons. The molecule has 0 saturated heterocycles. The summed E-state index contributed by atoms with van der Waals surface area (Å²) < 4.78 is 5.70. The van der Waals surface area contributed by atoms with Crippen molar-refractivity contribution in [3.05, 3.63) is 40.7 Å². The van der Waals surface area contributed by atoms with Crippen molar-refractivity contribution in [1.82, 2.24) is 9.97 Å². The van der Waals surface area contributed by atoms with Crippen molar-refractivity contribution in [3.8, 4) is 11.6 Å². The second-order valence-corrected chi connectivity index (χ2v) is 4.30. The van der Waals surface area contributed by atoms with E-state index < -0.39 is 0 Å². The number of aromatic nitrogens is 2. The fourth-order valence-corrected chi connectivity index (χ4v) is 1.56. The van der Waals surface area contributed by atoms with E-state index in [1.54, 1.807) is 24.3 Å². The Labute approximate surface area is 111 Å². The van der Waals surface area contributed by atoms with Crippen molar-refractivity contribution in [2.75, 3.05) is 5.73 Å². The number of nitrogens with zero attached hydrogens (tertiary/aromatic N) is 2. The minimum Gasteiger partial charge on any atom is -0.439 e. The van der Waals surface area contributed by atoms with Crippen LogP contribution in [-0.2, 0) is 6.42 Å². The first-order valence-corrected chi connectivity index (χ1v) is 6.04. The molecule has 1 aromatic carbocycles. The molecule has 0 radical (unpaired) electrons. The van der Waals surface area contributed by atoms with Gasteiger partial charge in [-0.05, 0) is 31.2 Å². The molecule has 0 unspecified atom stereocenters. The van der Waals surface area contributed by atoms with Crippen molar-refractivity contribution in [2.45, 2.75) is 20.3 Å². The summed E-state index contributed by atoms with van der Waals surface area (Å²) in [5.74, 6) is 2.28. The number of aryl methyl sites for hydroxylation is 1. The zero-order valence-corrected chi connectivity index (χ0v) is 11.0. The number of halogens is 1. The van der Waals surface area contributed by atoms with Crippen LogP contribution in [0, 0.1) is 6.92 Å². The molecule has 0 aliphatic carbocycles. The molecular formula is C13H14ClN3O. The molecule has 2 N–H and O–H groups in total. The lowest BCUT2D eigenvalue weighted by atomic mass is 10.3. The van der Waals surface area contributed by atoms with Gasteiger partial charge in [0.1, 0.15) is 17.4 Å². The average molecular weight is 264 g/mol. The summed E-state index contributed by atoms with van der Waals surface area (Å²) in [5, 5.41) is 0.663. The fourth-order valence-electron chi connectivity index (χ4n) is 1.43. The summed E-state index contributed by atoms with van der Waals surface area (Å²) in [6.45, 7) is 3.80. The third-order valence-corrected chi connectivity index (χ3v) is 2.78. The van der Waals surface area contributed by atoms with E-state index in [0.717, 1.165) is 5.56 Å². The van der Waals surface area contributed by atoms with Crippen LogP contribution in [0.1, 0.15) is 18.3 Å². The van der Waals surface area contributed by atoms with E-state index in [9.17, 15) is 0 Å². The highest BCUT2D eigenvalue weighted by molar-refractivity contribution is 6.30. The molecule has 0 atom stereocenters. The predicted molar refractivity (Wildman–Crippen MR) is 72.1 cm³/mol. The van der Waals surface area contributed by atoms with Crippen LogP contribution in [0.5, 0.6) is 11.6 Å². The fraction of sp³-hybridized carbons (Fsp3) is 0.231. The zero-order valence-electron chi connectivity index (χ0n) is 10.3. The van der Waals surface area contributed by atoms with Crippen LogP contribution in [0.25, 0.3) is 0 Å². The second kappa shape index (κ2) is 5.23. The minimum absolute atomic E-state index is 0.450. The maximum atomic E-state index is 5.82. The van der Waals surface area contributed by atoms with Crippen molar-refractivity contribution in [2.24, 2.45) is 0 Å². The molecule has 2 rings (SSSR count). The second-order valence-electron chi connectivity index (χ2n) is 3.86. The lowest BCUT2D eigenvalue weighted by molar-refractivity contribution is 0.455. The topological polar surface area (TPSA) is 61.0 Å². The number of benzene rings is 1. The van der Waals surface area contributed by atoms with Crippen LogP contribution in [0.3, 0.4) is 0 Å². The van der Waals surface area contributed by atoms with Crippen molar-refractivity contribution in [3.63, 3.8) is 0 Å². The van der Waals surface area contributed by atoms with Gasteiger partial charge in [-0.25, -0.2) is 4.98 Å². The summed E-state index contributed by atoms with van der Waals surface area (Å²) in [6, 6.07) is 7.09. The molecule has 0 aliphatic rings. The van der Waals surface area contributed by atoms with Gasteiger partial charge in [-0.1, -0.05) is 18.5 Å². The summed E-state index contributed by atoms with van der Waals surface area (Å²) in [6.07, 6.45) is 0.710. The molecule has 4 nitrogen and oxygen atoms in total. The Balaban J connectivity index is 2.33. The number of rotatable bonds is 3. The number of hydrogen-bond donors (Lipinski definition) is 1.